The Hall–Kier alpha value is -1.11. The summed E-state index contributed by atoms with van der Waals surface area (Å²) < 4.78 is 11.2. The van der Waals surface area contributed by atoms with Crippen molar-refractivity contribution in [3.63, 3.8) is 0 Å². The molecule has 0 radical (unpaired) electrons. The van der Waals surface area contributed by atoms with Crippen LogP contribution in [0, 0.1) is 0 Å². The van der Waals surface area contributed by atoms with Crippen LogP contribution in [0.5, 0.6) is 0 Å². The minimum absolute atomic E-state index is 0.301. The molecule has 8 atom stereocenters. The smallest absolute Gasteiger partial charge is 0.249 e. The topological polar surface area (TPSA) is 169 Å². The Kier molecular flexibility index (Phi) is 45.0. The molecule has 0 aromatic carbocycles. The fourth-order valence-corrected chi connectivity index (χ4v) is 9.52. The molecule has 0 aromatic heterocycles. The maximum Gasteiger partial charge on any atom is 0.249 e. The largest absolute Gasteiger partial charge is 0.394 e. The fraction of sp³-hybridized carbons (Fsp3) is 0.947. The van der Waals surface area contributed by atoms with E-state index in [0.717, 1.165) is 44.9 Å². The van der Waals surface area contributed by atoms with Crippen molar-refractivity contribution in [2.75, 3.05) is 13.2 Å². The molecule has 1 aliphatic rings. The van der Waals surface area contributed by atoms with Crippen molar-refractivity contribution < 1.29 is 44.9 Å². The lowest BCUT2D eigenvalue weighted by molar-refractivity contribution is -0.302. The Morgan fingerprint density at radius 3 is 1.21 bits per heavy atom. The molecular weight excluding hydrogens is 843 g/mol. The highest BCUT2D eigenvalue weighted by Crippen LogP contribution is 2.23. The minimum Gasteiger partial charge on any atom is -0.394 e. The molecule has 0 aromatic rings. The number of amides is 1. The first-order chi connectivity index (χ1) is 32.8. The molecule has 1 aliphatic heterocycles. The van der Waals surface area contributed by atoms with Gasteiger partial charge in [-0.05, 0) is 19.3 Å². The van der Waals surface area contributed by atoms with Crippen molar-refractivity contribution in [2.45, 2.75) is 332 Å². The van der Waals surface area contributed by atoms with E-state index in [1.54, 1.807) is 6.08 Å². The van der Waals surface area contributed by atoms with Gasteiger partial charge in [0.05, 0.1) is 25.4 Å². The molecule has 1 amide bonds. The number of aliphatic hydroxyl groups is 6. The van der Waals surface area contributed by atoms with Crippen LogP contribution in [-0.4, -0.2) is 98.7 Å². The van der Waals surface area contributed by atoms with E-state index in [1.165, 1.54) is 218 Å². The monoisotopic (exact) mass is 954 g/mol. The minimum atomic E-state index is -1.61. The van der Waals surface area contributed by atoms with Gasteiger partial charge in [0.15, 0.2) is 6.29 Å². The van der Waals surface area contributed by atoms with Crippen LogP contribution in [0.15, 0.2) is 12.2 Å². The molecule has 1 heterocycles. The predicted octanol–water partition coefficient (Wildman–Crippen LogP) is 13.0. The number of unbranched alkanes of at least 4 members (excludes halogenated alkanes) is 39. The molecule has 8 unspecified atom stereocenters. The zero-order valence-corrected chi connectivity index (χ0v) is 43.8. The highest BCUT2D eigenvalue weighted by atomic mass is 16.7. The average Bonchev–Trinajstić information content (AvgIpc) is 3.33. The van der Waals surface area contributed by atoms with Crippen molar-refractivity contribution in [3.8, 4) is 0 Å². The van der Waals surface area contributed by atoms with E-state index < -0.39 is 61.5 Å². The van der Waals surface area contributed by atoms with Crippen LogP contribution in [-0.2, 0) is 14.3 Å². The summed E-state index contributed by atoms with van der Waals surface area (Å²) in [5.41, 5.74) is 0. The Morgan fingerprint density at radius 2 is 0.851 bits per heavy atom. The number of carbonyl (C=O) groups is 1. The predicted molar refractivity (Wildman–Crippen MR) is 278 cm³/mol. The second kappa shape index (κ2) is 47.2. The standard InChI is InChI=1S/C57H111NO9/c1-3-5-7-9-11-13-15-17-18-19-20-21-22-23-24-25-26-27-28-29-30-31-32-33-34-36-38-40-42-44-46-51(61)56(65)58-49(48-66-57-55(64)54(63)53(62)52(47-59)67-57)50(60)45-43-41-39-37-35-16-14-12-10-8-6-4-2/h43,45,49-55,57,59-64H,3-42,44,46-48H2,1-2H3,(H,58,65)/b45-43+. The lowest BCUT2D eigenvalue weighted by Crippen LogP contribution is -2.60. The summed E-state index contributed by atoms with van der Waals surface area (Å²) in [6.07, 6.45) is 47.7. The number of carbonyl (C=O) groups excluding carboxylic acids is 1. The van der Waals surface area contributed by atoms with E-state index in [-0.39, 0.29) is 6.61 Å². The highest BCUT2D eigenvalue weighted by Gasteiger charge is 2.44. The SMILES string of the molecule is CCCCCCCCCCCC/C=C/C(O)C(COC1OC(CO)C(O)C(O)C1O)NC(=O)C(O)CCCCCCCCCCCCCCCCCCCCCCCCCCCCCCCC. The fourth-order valence-electron chi connectivity index (χ4n) is 9.52. The zero-order valence-electron chi connectivity index (χ0n) is 43.8. The van der Waals surface area contributed by atoms with E-state index in [2.05, 4.69) is 19.2 Å². The summed E-state index contributed by atoms with van der Waals surface area (Å²) in [6.45, 7) is 3.63. The molecule has 1 saturated heterocycles. The van der Waals surface area contributed by atoms with Crippen molar-refractivity contribution in [1.82, 2.24) is 5.32 Å². The molecule has 0 saturated carbocycles. The van der Waals surface area contributed by atoms with Gasteiger partial charge in [0, 0.05) is 0 Å². The number of aliphatic hydroxyl groups excluding tert-OH is 6. The van der Waals surface area contributed by atoms with Crippen LogP contribution in [0.25, 0.3) is 0 Å². The molecule has 7 N–H and O–H groups in total. The second-order valence-corrected chi connectivity index (χ2v) is 20.6. The summed E-state index contributed by atoms with van der Waals surface area (Å²) in [4.78, 5) is 13.1. The average molecular weight is 955 g/mol. The van der Waals surface area contributed by atoms with E-state index >= 15 is 0 Å². The van der Waals surface area contributed by atoms with Gasteiger partial charge in [0.1, 0.15) is 30.5 Å². The van der Waals surface area contributed by atoms with Crippen LogP contribution < -0.4 is 5.32 Å². The van der Waals surface area contributed by atoms with Crippen LogP contribution >= 0.6 is 0 Å². The van der Waals surface area contributed by atoms with Gasteiger partial charge >= 0.3 is 0 Å². The number of ether oxygens (including phenoxy) is 2. The number of allylic oxidation sites excluding steroid dienone is 1. The van der Waals surface area contributed by atoms with Gasteiger partial charge in [-0.15, -0.1) is 0 Å². The first kappa shape index (κ1) is 63.9. The van der Waals surface area contributed by atoms with Crippen LogP contribution in [0.1, 0.15) is 284 Å². The lowest BCUT2D eigenvalue weighted by atomic mass is 9.99. The third-order valence-electron chi connectivity index (χ3n) is 14.2. The van der Waals surface area contributed by atoms with Crippen molar-refractivity contribution in [3.05, 3.63) is 12.2 Å². The van der Waals surface area contributed by atoms with Crippen molar-refractivity contribution in [2.24, 2.45) is 0 Å². The molecule has 1 fully saturated rings. The third-order valence-corrected chi connectivity index (χ3v) is 14.2. The highest BCUT2D eigenvalue weighted by molar-refractivity contribution is 5.80. The van der Waals surface area contributed by atoms with Crippen molar-refractivity contribution >= 4 is 5.91 Å². The first-order valence-corrected chi connectivity index (χ1v) is 29.0. The van der Waals surface area contributed by atoms with Gasteiger partial charge in [0.25, 0.3) is 0 Å². The maximum absolute atomic E-state index is 13.1. The number of hydrogen-bond acceptors (Lipinski definition) is 9. The first-order valence-electron chi connectivity index (χ1n) is 29.0. The van der Waals surface area contributed by atoms with Crippen LogP contribution in [0.4, 0.5) is 0 Å². The van der Waals surface area contributed by atoms with Crippen molar-refractivity contribution in [1.29, 1.82) is 0 Å². The summed E-state index contributed by atoms with van der Waals surface area (Å²) in [5, 5.41) is 64.9. The van der Waals surface area contributed by atoms with Gasteiger partial charge in [0.2, 0.25) is 5.91 Å². The number of nitrogens with one attached hydrogen (secondary N) is 1. The van der Waals surface area contributed by atoms with Crippen LogP contribution in [0.2, 0.25) is 0 Å². The Bertz CT molecular complexity index is 1080. The van der Waals surface area contributed by atoms with E-state index in [0.29, 0.717) is 6.42 Å². The molecule has 10 nitrogen and oxygen atoms in total. The van der Waals surface area contributed by atoms with Gasteiger partial charge in [-0.3, -0.25) is 4.79 Å². The third kappa shape index (κ3) is 36.5. The van der Waals surface area contributed by atoms with Gasteiger partial charge in [-0.25, -0.2) is 0 Å². The normalized spacial score (nSPS) is 20.1. The summed E-state index contributed by atoms with van der Waals surface area (Å²) in [6, 6.07) is -0.975. The maximum atomic E-state index is 13.1. The quantitative estimate of drug-likeness (QED) is 0.0232. The van der Waals surface area contributed by atoms with E-state index in [4.69, 9.17) is 9.47 Å². The van der Waals surface area contributed by atoms with Crippen LogP contribution in [0.3, 0.4) is 0 Å². The van der Waals surface area contributed by atoms with Gasteiger partial charge < -0.3 is 45.4 Å². The van der Waals surface area contributed by atoms with Gasteiger partial charge in [-0.2, -0.15) is 0 Å². The summed E-state index contributed by atoms with van der Waals surface area (Å²) in [7, 11) is 0. The van der Waals surface area contributed by atoms with E-state index in [9.17, 15) is 35.4 Å². The van der Waals surface area contributed by atoms with E-state index in [1.807, 2.05) is 6.08 Å². The Morgan fingerprint density at radius 1 is 0.507 bits per heavy atom. The van der Waals surface area contributed by atoms with Gasteiger partial charge in [-0.1, -0.05) is 276 Å². The lowest BCUT2D eigenvalue weighted by Gasteiger charge is -2.40. The molecule has 398 valence electrons. The number of hydrogen-bond donors (Lipinski definition) is 7. The summed E-state index contributed by atoms with van der Waals surface area (Å²) >= 11 is 0. The molecule has 1 rings (SSSR count). The molecular formula is C57H111NO9. The summed E-state index contributed by atoms with van der Waals surface area (Å²) in [5.74, 6) is -0.611. The molecule has 0 aliphatic carbocycles. The Balaban J connectivity index is 2.15. The number of rotatable bonds is 50. The molecule has 10 heteroatoms. The molecule has 0 bridgehead atoms. The molecule has 0 spiro atoms. The second-order valence-electron chi connectivity index (χ2n) is 20.6. The zero-order chi connectivity index (χ0) is 48.8. The molecule has 67 heavy (non-hydrogen) atoms. The Labute approximate surface area is 412 Å².